The van der Waals surface area contributed by atoms with Gasteiger partial charge in [-0.1, -0.05) is 37.3 Å². The maximum absolute atomic E-state index is 13.1. The highest BCUT2D eigenvalue weighted by Gasteiger charge is 2.22. The van der Waals surface area contributed by atoms with Gasteiger partial charge in [-0.05, 0) is 44.0 Å². The molecule has 0 aliphatic carbocycles. The van der Waals surface area contributed by atoms with Crippen molar-refractivity contribution in [3.8, 4) is 11.3 Å². The van der Waals surface area contributed by atoms with E-state index in [1.54, 1.807) is 0 Å². The number of hydrogen-bond acceptors (Lipinski definition) is 5. The Hall–Kier alpha value is -3.32. The maximum atomic E-state index is 13.1. The number of likely N-dealkylation sites (N-methyl/N-ethyl adjacent to an activating group) is 1. The fourth-order valence-corrected chi connectivity index (χ4v) is 4.24. The van der Waals surface area contributed by atoms with Crippen LogP contribution in [0.1, 0.15) is 42.2 Å². The summed E-state index contributed by atoms with van der Waals surface area (Å²) in [5.41, 5.74) is 4.70. The molecule has 33 heavy (non-hydrogen) atoms. The lowest BCUT2D eigenvalue weighted by Crippen LogP contribution is -2.48. The van der Waals surface area contributed by atoms with Crippen molar-refractivity contribution in [2.75, 3.05) is 32.7 Å². The number of amides is 1. The summed E-state index contributed by atoms with van der Waals surface area (Å²) in [6, 6.07) is 15.5. The van der Waals surface area contributed by atoms with Crippen LogP contribution in [0.25, 0.3) is 22.3 Å². The summed E-state index contributed by atoms with van der Waals surface area (Å²) in [7, 11) is 0. The van der Waals surface area contributed by atoms with Gasteiger partial charge in [-0.25, -0.2) is 9.97 Å². The fraction of sp³-hybridized carbons (Fsp3) is 0.385. The summed E-state index contributed by atoms with van der Waals surface area (Å²) in [5, 5.41) is 8.94. The molecule has 2 heterocycles. The molecule has 7 nitrogen and oxygen atoms in total. The smallest absolute Gasteiger partial charge is 0.303 e. The Bertz CT molecular complexity index is 1130. The minimum Gasteiger partial charge on any atom is -0.481 e. The summed E-state index contributed by atoms with van der Waals surface area (Å²) in [4.78, 5) is 38.0. The lowest BCUT2D eigenvalue weighted by molar-refractivity contribution is -0.137. The van der Waals surface area contributed by atoms with Crippen LogP contribution in [0.3, 0.4) is 0 Å². The van der Waals surface area contributed by atoms with E-state index in [0.29, 0.717) is 30.3 Å². The molecule has 1 fully saturated rings. The molecule has 2 aromatic carbocycles. The highest BCUT2D eigenvalue weighted by atomic mass is 16.4. The molecule has 1 aliphatic heterocycles. The van der Waals surface area contributed by atoms with E-state index in [1.807, 2.05) is 53.4 Å². The van der Waals surface area contributed by atoms with Crippen LogP contribution in [0.2, 0.25) is 0 Å². The number of aromatic nitrogens is 2. The number of carboxylic acids is 1. The summed E-state index contributed by atoms with van der Waals surface area (Å²) in [6.45, 7) is 6.42. The predicted octanol–water partition coefficient (Wildman–Crippen LogP) is 3.87. The summed E-state index contributed by atoms with van der Waals surface area (Å²) < 4.78 is 0. The van der Waals surface area contributed by atoms with E-state index in [0.717, 1.165) is 55.2 Å². The van der Waals surface area contributed by atoms with E-state index in [2.05, 4.69) is 11.8 Å². The first-order valence-electron chi connectivity index (χ1n) is 11.6. The number of carbonyl (C=O) groups is 2. The summed E-state index contributed by atoms with van der Waals surface area (Å²) >= 11 is 0. The van der Waals surface area contributed by atoms with E-state index >= 15 is 0 Å². The van der Waals surface area contributed by atoms with Gasteiger partial charge in [0.1, 0.15) is 0 Å². The highest BCUT2D eigenvalue weighted by molar-refractivity contribution is 5.97. The number of aliphatic carboxylic acids is 1. The number of nitrogens with zero attached hydrogens (tertiary/aromatic N) is 4. The first-order chi connectivity index (χ1) is 16.0. The number of benzene rings is 2. The van der Waals surface area contributed by atoms with Gasteiger partial charge in [-0.15, -0.1) is 0 Å². The molecule has 3 aromatic rings. The topological polar surface area (TPSA) is 86.6 Å². The van der Waals surface area contributed by atoms with Gasteiger partial charge in [0.15, 0.2) is 0 Å². The van der Waals surface area contributed by atoms with Gasteiger partial charge < -0.3 is 14.9 Å². The third kappa shape index (κ3) is 5.54. The molecule has 0 radical (unpaired) electrons. The molecule has 4 rings (SSSR count). The van der Waals surface area contributed by atoms with Crippen LogP contribution in [-0.2, 0) is 11.2 Å². The van der Waals surface area contributed by atoms with Gasteiger partial charge in [-0.3, -0.25) is 9.59 Å². The van der Waals surface area contributed by atoms with Gasteiger partial charge in [0, 0.05) is 43.7 Å². The molecular weight excluding hydrogens is 416 g/mol. The first-order valence-corrected chi connectivity index (χ1v) is 11.6. The first kappa shape index (κ1) is 22.9. The third-order valence-electron chi connectivity index (χ3n) is 6.19. The Balaban J connectivity index is 1.62. The molecule has 172 valence electrons. The number of fused-ring (bicyclic) bond motifs is 1. The van der Waals surface area contributed by atoms with Crippen molar-refractivity contribution in [1.82, 2.24) is 19.8 Å². The number of unbranched alkanes of at least 4 members (excludes halogenated alkanes) is 1. The number of carbonyl (C=O) groups excluding carboxylic acids is 1. The monoisotopic (exact) mass is 446 g/mol. The van der Waals surface area contributed by atoms with Crippen LogP contribution in [-0.4, -0.2) is 69.5 Å². The van der Waals surface area contributed by atoms with Gasteiger partial charge >= 0.3 is 5.97 Å². The molecule has 1 amide bonds. The van der Waals surface area contributed by atoms with Crippen LogP contribution < -0.4 is 0 Å². The van der Waals surface area contributed by atoms with Crippen LogP contribution in [0.15, 0.2) is 48.5 Å². The van der Waals surface area contributed by atoms with E-state index in [1.165, 1.54) is 0 Å². The van der Waals surface area contributed by atoms with E-state index in [-0.39, 0.29) is 12.3 Å². The molecule has 1 saturated heterocycles. The van der Waals surface area contributed by atoms with Crippen molar-refractivity contribution in [3.63, 3.8) is 0 Å². The predicted molar refractivity (Wildman–Crippen MR) is 128 cm³/mol. The Morgan fingerprint density at radius 1 is 0.939 bits per heavy atom. The quantitative estimate of drug-likeness (QED) is 0.529. The van der Waals surface area contributed by atoms with Crippen molar-refractivity contribution in [2.24, 2.45) is 0 Å². The molecule has 1 N–H and O–H groups in total. The Labute approximate surface area is 194 Å². The molecule has 1 aromatic heterocycles. The SMILES string of the molecule is CCN1CCN(C(=O)c2ccc3nc(-c4ccccc4)c(CCCCC(=O)O)nc3c2)CC1. The highest BCUT2D eigenvalue weighted by Crippen LogP contribution is 2.25. The van der Waals surface area contributed by atoms with Gasteiger partial charge in [0.25, 0.3) is 5.91 Å². The van der Waals surface area contributed by atoms with E-state index in [9.17, 15) is 9.59 Å². The van der Waals surface area contributed by atoms with Gasteiger partial charge in [0.2, 0.25) is 0 Å². The van der Waals surface area contributed by atoms with Crippen molar-refractivity contribution in [1.29, 1.82) is 0 Å². The number of aryl methyl sites for hydroxylation is 1. The number of hydrogen-bond donors (Lipinski definition) is 1. The summed E-state index contributed by atoms with van der Waals surface area (Å²) in [6.07, 6.45) is 2.08. The van der Waals surface area contributed by atoms with Gasteiger partial charge in [-0.2, -0.15) is 0 Å². The maximum Gasteiger partial charge on any atom is 0.303 e. The zero-order valence-corrected chi connectivity index (χ0v) is 19.0. The van der Waals surface area contributed by atoms with Crippen molar-refractivity contribution in [2.45, 2.75) is 32.6 Å². The normalized spacial score (nSPS) is 14.5. The second-order valence-electron chi connectivity index (χ2n) is 8.42. The van der Waals surface area contributed by atoms with E-state index in [4.69, 9.17) is 15.1 Å². The lowest BCUT2D eigenvalue weighted by atomic mass is 10.0. The third-order valence-corrected chi connectivity index (χ3v) is 6.19. The molecule has 7 heteroatoms. The molecule has 0 atom stereocenters. The summed E-state index contributed by atoms with van der Waals surface area (Å²) in [5.74, 6) is -0.754. The lowest BCUT2D eigenvalue weighted by Gasteiger charge is -2.34. The minimum absolute atomic E-state index is 0.0320. The van der Waals surface area contributed by atoms with Crippen molar-refractivity contribution in [3.05, 3.63) is 59.8 Å². The molecule has 1 aliphatic rings. The number of rotatable bonds is 8. The van der Waals surface area contributed by atoms with E-state index < -0.39 is 5.97 Å². The zero-order chi connectivity index (χ0) is 23.2. The Morgan fingerprint density at radius 3 is 2.39 bits per heavy atom. The number of piperazine rings is 1. The average Bonchev–Trinajstić information content (AvgIpc) is 2.85. The second-order valence-corrected chi connectivity index (χ2v) is 8.42. The Morgan fingerprint density at radius 2 is 1.70 bits per heavy atom. The minimum atomic E-state index is -0.786. The number of carboxylic acid groups (broad SMARTS) is 1. The zero-order valence-electron chi connectivity index (χ0n) is 19.0. The standard InChI is InChI=1S/C26H30N4O3/c1-2-29-14-16-30(17-15-29)26(33)20-12-13-21-23(18-20)27-22(10-6-7-11-24(31)32)25(28-21)19-8-4-3-5-9-19/h3-5,8-9,12-13,18H,2,6-7,10-11,14-17H2,1H3,(H,31,32). The van der Waals surface area contributed by atoms with Crippen LogP contribution >= 0.6 is 0 Å². The largest absolute Gasteiger partial charge is 0.481 e. The molecule has 0 saturated carbocycles. The second kappa shape index (κ2) is 10.5. The molecule has 0 bridgehead atoms. The molecule has 0 unspecified atom stereocenters. The molecular formula is C26H30N4O3. The molecule has 0 spiro atoms. The van der Waals surface area contributed by atoms with Crippen LogP contribution in [0, 0.1) is 0 Å². The van der Waals surface area contributed by atoms with Crippen molar-refractivity contribution < 1.29 is 14.7 Å². The van der Waals surface area contributed by atoms with Crippen LogP contribution in [0.4, 0.5) is 0 Å². The Kier molecular flexibility index (Phi) is 7.29. The fourth-order valence-electron chi connectivity index (χ4n) is 4.24. The van der Waals surface area contributed by atoms with Crippen LogP contribution in [0.5, 0.6) is 0 Å². The van der Waals surface area contributed by atoms with Crippen molar-refractivity contribution >= 4 is 22.9 Å². The van der Waals surface area contributed by atoms with Gasteiger partial charge in [0.05, 0.1) is 22.4 Å². The average molecular weight is 447 g/mol.